The van der Waals surface area contributed by atoms with Gasteiger partial charge in [-0.15, -0.1) is 0 Å². The summed E-state index contributed by atoms with van der Waals surface area (Å²) >= 11 is 0. The average molecular weight is 234 g/mol. The number of aliphatic carboxylic acids is 1. The predicted octanol–water partition coefficient (Wildman–Crippen LogP) is 3.65. The van der Waals surface area contributed by atoms with Gasteiger partial charge in [0.25, 0.3) is 0 Å². The smallest absolute Gasteiger partial charge is 0.331 e. The minimum absolute atomic E-state index is 0.156. The Labute approximate surface area is 103 Å². The van der Waals surface area contributed by atoms with Gasteiger partial charge in [0, 0.05) is 5.57 Å². The van der Waals surface area contributed by atoms with Gasteiger partial charge in [-0.25, -0.2) is 4.79 Å². The molecule has 0 aliphatic heterocycles. The molecule has 2 heteroatoms. The van der Waals surface area contributed by atoms with E-state index in [0.717, 1.165) is 18.8 Å². The molecule has 4 atom stereocenters. The van der Waals surface area contributed by atoms with Crippen molar-refractivity contribution < 1.29 is 9.90 Å². The van der Waals surface area contributed by atoms with Crippen molar-refractivity contribution in [2.24, 2.45) is 23.7 Å². The minimum atomic E-state index is -0.820. The Balaban J connectivity index is 2.26. The third kappa shape index (κ3) is 2.31. The molecule has 2 nitrogen and oxygen atoms in total. The van der Waals surface area contributed by atoms with Crippen molar-refractivity contribution in [3.63, 3.8) is 0 Å². The van der Waals surface area contributed by atoms with Crippen LogP contribution in [0.25, 0.3) is 0 Å². The molecule has 0 spiro atoms. The van der Waals surface area contributed by atoms with Crippen LogP contribution < -0.4 is 0 Å². The second kappa shape index (κ2) is 4.67. The zero-order chi connectivity index (χ0) is 12.6. The number of carboxylic acid groups (broad SMARTS) is 1. The van der Waals surface area contributed by atoms with Gasteiger partial charge in [0.2, 0.25) is 0 Å². The molecular formula is C15H22O2. The lowest BCUT2D eigenvalue weighted by Gasteiger charge is -2.43. The van der Waals surface area contributed by atoms with Crippen LogP contribution in [0.4, 0.5) is 0 Å². The van der Waals surface area contributed by atoms with E-state index in [2.05, 4.69) is 26.5 Å². The lowest BCUT2D eigenvalue weighted by atomic mass is 9.61. The third-order valence-electron chi connectivity index (χ3n) is 4.69. The zero-order valence-corrected chi connectivity index (χ0v) is 10.8. The number of hydrogen-bond acceptors (Lipinski definition) is 1. The van der Waals surface area contributed by atoms with Gasteiger partial charge in [-0.05, 0) is 56.3 Å². The van der Waals surface area contributed by atoms with E-state index in [9.17, 15) is 4.79 Å². The topological polar surface area (TPSA) is 37.3 Å². The molecule has 0 aromatic rings. The first-order valence-electron chi connectivity index (χ1n) is 6.60. The Morgan fingerprint density at radius 1 is 1.41 bits per heavy atom. The van der Waals surface area contributed by atoms with Crippen LogP contribution in [0, 0.1) is 23.7 Å². The Morgan fingerprint density at radius 3 is 2.76 bits per heavy atom. The average Bonchev–Trinajstić information content (AvgIpc) is 2.28. The van der Waals surface area contributed by atoms with E-state index in [4.69, 9.17) is 5.11 Å². The number of hydrogen-bond donors (Lipinski definition) is 1. The zero-order valence-electron chi connectivity index (χ0n) is 10.8. The molecule has 2 aliphatic carbocycles. The van der Waals surface area contributed by atoms with E-state index < -0.39 is 5.97 Å². The van der Waals surface area contributed by atoms with Crippen molar-refractivity contribution >= 4 is 5.97 Å². The predicted molar refractivity (Wildman–Crippen MR) is 68.6 cm³/mol. The van der Waals surface area contributed by atoms with Gasteiger partial charge in [0.05, 0.1) is 0 Å². The fourth-order valence-electron chi connectivity index (χ4n) is 3.61. The van der Waals surface area contributed by atoms with E-state index in [-0.39, 0.29) is 5.92 Å². The summed E-state index contributed by atoms with van der Waals surface area (Å²) < 4.78 is 0. The Hall–Kier alpha value is -1.05. The van der Waals surface area contributed by atoms with Crippen LogP contribution in [0.2, 0.25) is 0 Å². The lowest BCUT2D eigenvalue weighted by Crippen LogP contribution is -2.36. The van der Waals surface area contributed by atoms with E-state index in [0.29, 0.717) is 17.4 Å². The van der Waals surface area contributed by atoms with Gasteiger partial charge in [-0.1, -0.05) is 25.2 Å². The van der Waals surface area contributed by atoms with Crippen LogP contribution in [-0.4, -0.2) is 11.1 Å². The minimum Gasteiger partial charge on any atom is -0.478 e. The van der Waals surface area contributed by atoms with Gasteiger partial charge >= 0.3 is 5.97 Å². The van der Waals surface area contributed by atoms with Crippen LogP contribution in [0.3, 0.4) is 0 Å². The summed E-state index contributed by atoms with van der Waals surface area (Å²) in [4.78, 5) is 11.1. The van der Waals surface area contributed by atoms with Gasteiger partial charge in [0.1, 0.15) is 0 Å². The first kappa shape index (κ1) is 12.4. The van der Waals surface area contributed by atoms with Crippen LogP contribution >= 0.6 is 0 Å². The highest BCUT2D eigenvalue weighted by atomic mass is 16.4. The van der Waals surface area contributed by atoms with E-state index in [1.807, 2.05) is 0 Å². The summed E-state index contributed by atoms with van der Waals surface area (Å²) in [5.41, 5.74) is 1.83. The SMILES string of the molecule is C=C(C(=O)O)[C@H]1CC[C@H](C)[C@H]2CCC(C)=C[C@H]21. The maximum atomic E-state index is 11.1. The van der Waals surface area contributed by atoms with E-state index >= 15 is 0 Å². The third-order valence-corrected chi connectivity index (χ3v) is 4.69. The van der Waals surface area contributed by atoms with Crippen LogP contribution in [0.1, 0.15) is 39.5 Å². The van der Waals surface area contributed by atoms with Crippen LogP contribution in [0.5, 0.6) is 0 Å². The molecule has 94 valence electrons. The molecule has 0 bridgehead atoms. The number of carbonyl (C=O) groups is 1. The highest BCUT2D eigenvalue weighted by Crippen LogP contribution is 2.47. The molecule has 1 N–H and O–H groups in total. The number of fused-ring (bicyclic) bond motifs is 1. The van der Waals surface area contributed by atoms with Crippen molar-refractivity contribution in [2.45, 2.75) is 39.5 Å². The Morgan fingerprint density at radius 2 is 2.12 bits per heavy atom. The molecule has 0 radical (unpaired) electrons. The van der Waals surface area contributed by atoms with Gasteiger partial charge < -0.3 is 5.11 Å². The molecule has 0 saturated heterocycles. The quantitative estimate of drug-likeness (QED) is 0.585. The molecule has 2 rings (SSSR count). The number of carboxylic acids is 1. The first-order chi connectivity index (χ1) is 8.00. The van der Waals surface area contributed by atoms with Crippen LogP contribution in [0.15, 0.2) is 23.8 Å². The van der Waals surface area contributed by atoms with E-state index in [1.165, 1.54) is 18.4 Å². The lowest BCUT2D eigenvalue weighted by molar-refractivity contribution is -0.133. The molecule has 17 heavy (non-hydrogen) atoms. The summed E-state index contributed by atoms with van der Waals surface area (Å²) in [6, 6.07) is 0. The van der Waals surface area contributed by atoms with Crippen molar-refractivity contribution in [1.82, 2.24) is 0 Å². The molecule has 0 amide bonds. The summed E-state index contributed by atoms with van der Waals surface area (Å²) in [5.74, 6) is 1.13. The highest BCUT2D eigenvalue weighted by molar-refractivity contribution is 5.86. The summed E-state index contributed by atoms with van der Waals surface area (Å²) in [7, 11) is 0. The van der Waals surface area contributed by atoms with Crippen LogP contribution in [-0.2, 0) is 4.79 Å². The maximum Gasteiger partial charge on any atom is 0.331 e. The number of allylic oxidation sites excluding steroid dienone is 2. The van der Waals surface area contributed by atoms with Crippen molar-refractivity contribution in [2.75, 3.05) is 0 Å². The summed E-state index contributed by atoms with van der Waals surface area (Å²) in [6.07, 6.45) is 6.85. The molecular weight excluding hydrogens is 212 g/mol. The largest absolute Gasteiger partial charge is 0.478 e. The fraction of sp³-hybridized carbons (Fsp3) is 0.667. The number of rotatable bonds is 2. The second-order valence-corrected chi connectivity index (χ2v) is 5.78. The molecule has 1 fully saturated rings. The van der Waals surface area contributed by atoms with Gasteiger partial charge in [-0.3, -0.25) is 0 Å². The molecule has 0 aromatic carbocycles. The molecule has 1 saturated carbocycles. The fourth-order valence-corrected chi connectivity index (χ4v) is 3.61. The molecule has 0 unspecified atom stereocenters. The second-order valence-electron chi connectivity index (χ2n) is 5.78. The monoisotopic (exact) mass is 234 g/mol. The first-order valence-corrected chi connectivity index (χ1v) is 6.60. The van der Waals surface area contributed by atoms with Gasteiger partial charge in [0.15, 0.2) is 0 Å². The van der Waals surface area contributed by atoms with Crippen molar-refractivity contribution in [3.8, 4) is 0 Å². The Bertz CT molecular complexity index is 367. The van der Waals surface area contributed by atoms with E-state index in [1.54, 1.807) is 0 Å². The standard InChI is InChI=1S/C15H22O2/c1-9-4-6-12-10(2)5-7-13(14(12)8-9)11(3)15(16)17/h8,10,12-14H,3-7H2,1-2H3,(H,16,17)/t10-,12+,13+,14+/m0/s1. The summed E-state index contributed by atoms with van der Waals surface area (Å²) in [6.45, 7) is 8.26. The normalized spacial score (nSPS) is 36.9. The van der Waals surface area contributed by atoms with Crippen molar-refractivity contribution in [3.05, 3.63) is 23.8 Å². The molecule has 0 aromatic heterocycles. The molecule has 2 aliphatic rings. The maximum absolute atomic E-state index is 11.1. The Kier molecular flexibility index (Phi) is 3.41. The van der Waals surface area contributed by atoms with Gasteiger partial charge in [-0.2, -0.15) is 0 Å². The summed E-state index contributed by atoms with van der Waals surface area (Å²) in [5, 5.41) is 9.14. The molecule has 0 heterocycles. The highest BCUT2D eigenvalue weighted by Gasteiger charge is 2.39. The van der Waals surface area contributed by atoms with Crippen molar-refractivity contribution in [1.29, 1.82) is 0 Å².